The van der Waals surface area contributed by atoms with Gasteiger partial charge in [0.25, 0.3) is 5.91 Å². The SMILES string of the molecule is CCc1[nH]nc(C(=O)NC(C)C2CC2)c1S(N)(=O)=O. The molecule has 106 valence electrons. The summed E-state index contributed by atoms with van der Waals surface area (Å²) in [5.74, 6) is -0.0224. The number of H-pyrrole nitrogens is 1. The van der Waals surface area contributed by atoms with Crippen LogP contribution in [0.1, 0.15) is 42.9 Å². The topological polar surface area (TPSA) is 118 Å². The van der Waals surface area contributed by atoms with Gasteiger partial charge >= 0.3 is 0 Å². The van der Waals surface area contributed by atoms with Gasteiger partial charge in [0.1, 0.15) is 4.90 Å². The second kappa shape index (κ2) is 4.93. The summed E-state index contributed by atoms with van der Waals surface area (Å²) in [6.07, 6.45) is 2.58. The second-order valence-corrected chi connectivity index (χ2v) is 6.38. The van der Waals surface area contributed by atoms with Crippen LogP contribution in [-0.2, 0) is 16.4 Å². The van der Waals surface area contributed by atoms with E-state index >= 15 is 0 Å². The molecule has 0 radical (unpaired) electrons. The lowest BCUT2D eigenvalue weighted by Crippen LogP contribution is -2.35. The normalized spacial score (nSPS) is 17.2. The maximum Gasteiger partial charge on any atom is 0.273 e. The molecule has 7 nitrogen and oxygen atoms in total. The zero-order chi connectivity index (χ0) is 14.2. The summed E-state index contributed by atoms with van der Waals surface area (Å²) in [6, 6.07) is 0.0163. The van der Waals surface area contributed by atoms with Gasteiger partial charge in [0, 0.05) is 6.04 Å². The molecule has 1 aliphatic rings. The number of amides is 1. The maximum absolute atomic E-state index is 12.1. The molecule has 1 atom stereocenters. The molecule has 1 aliphatic carbocycles. The minimum atomic E-state index is -3.97. The van der Waals surface area contributed by atoms with Crippen LogP contribution in [0.4, 0.5) is 0 Å². The van der Waals surface area contributed by atoms with Crippen LogP contribution in [0, 0.1) is 5.92 Å². The van der Waals surface area contributed by atoms with Crippen molar-refractivity contribution in [2.45, 2.75) is 44.0 Å². The minimum absolute atomic E-state index is 0.0163. The van der Waals surface area contributed by atoms with Crippen molar-refractivity contribution in [1.82, 2.24) is 15.5 Å². The number of primary sulfonamides is 1. The number of aromatic nitrogens is 2. The first-order chi connectivity index (χ1) is 8.84. The average molecular weight is 286 g/mol. The Morgan fingerprint density at radius 1 is 1.58 bits per heavy atom. The fourth-order valence-corrected chi connectivity index (χ4v) is 3.00. The molecular formula is C11H18N4O3S. The predicted octanol–water partition coefficient (Wildman–Crippen LogP) is 0.148. The maximum atomic E-state index is 12.1. The number of hydrogen-bond acceptors (Lipinski definition) is 4. The summed E-state index contributed by atoms with van der Waals surface area (Å²) in [4.78, 5) is 11.9. The van der Waals surface area contributed by atoms with E-state index in [9.17, 15) is 13.2 Å². The monoisotopic (exact) mass is 286 g/mol. The Kier molecular flexibility index (Phi) is 3.64. The van der Waals surface area contributed by atoms with E-state index in [0.29, 0.717) is 18.0 Å². The average Bonchev–Trinajstić information content (AvgIpc) is 3.05. The number of nitrogens with zero attached hydrogens (tertiary/aromatic N) is 1. The van der Waals surface area contributed by atoms with E-state index in [1.54, 1.807) is 6.92 Å². The number of aryl methyl sites for hydroxylation is 1. The molecule has 8 heteroatoms. The van der Waals surface area contributed by atoms with Gasteiger partial charge in [-0.2, -0.15) is 5.10 Å². The van der Waals surface area contributed by atoms with E-state index in [1.165, 1.54) is 0 Å². The number of carbonyl (C=O) groups excluding carboxylic acids is 1. The molecule has 1 fully saturated rings. The summed E-state index contributed by atoms with van der Waals surface area (Å²) >= 11 is 0. The Hall–Kier alpha value is -1.41. The largest absolute Gasteiger partial charge is 0.348 e. The molecular weight excluding hydrogens is 268 g/mol. The lowest BCUT2D eigenvalue weighted by Gasteiger charge is -2.12. The number of sulfonamides is 1. The van der Waals surface area contributed by atoms with E-state index in [0.717, 1.165) is 12.8 Å². The third kappa shape index (κ3) is 2.95. The fraction of sp³-hybridized carbons (Fsp3) is 0.636. The molecule has 1 amide bonds. The van der Waals surface area contributed by atoms with E-state index in [1.807, 2.05) is 6.92 Å². The molecule has 2 rings (SSSR count). The second-order valence-electron chi connectivity index (χ2n) is 4.88. The van der Waals surface area contributed by atoms with Crippen molar-refractivity contribution in [2.75, 3.05) is 0 Å². The van der Waals surface area contributed by atoms with Gasteiger partial charge in [-0.1, -0.05) is 6.92 Å². The molecule has 0 bridgehead atoms. The zero-order valence-corrected chi connectivity index (χ0v) is 11.8. The lowest BCUT2D eigenvalue weighted by atomic mass is 10.2. The molecule has 19 heavy (non-hydrogen) atoms. The Balaban J connectivity index is 2.28. The van der Waals surface area contributed by atoms with Crippen LogP contribution >= 0.6 is 0 Å². The van der Waals surface area contributed by atoms with Crippen molar-refractivity contribution in [3.05, 3.63) is 11.4 Å². The Morgan fingerprint density at radius 2 is 2.21 bits per heavy atom. The molecule has 0 saturated heterocycles. The number of rotatable bonds is 5. The van der Waals surface area contributed by atoms with Crippen LogP contribution < -0.4 is 10.5 Å². The summed E-state index contributed by atoms with van der Waals surface area (Å²) in [5.41, 5.74) is 0.207. The predicted molar refractivity (Wildman–Crippen MR) is 69.0 cm³/mol. The van der Waals surface area contributed by atoms with Crippen LogP contribution in [0.15, 0.2) is 4.90 Å². The Labute approximate surface area is 112 Å². The van der Waals surface area contributed by atoms with Crippen LogP contribution in [-0.4, -0.2) is 30.6 Å². The molecule has 1 aromatic heterocycles. The summed E-state index contributed by atoms with van der Waals surface area (Å²) in [5, 5.41) is 14.3. The van der Waals surface area contributed by atoms with Crippen molar-refractivity contribution in [3.8, 4) is 0 Å². The molecule has 4 N–H and O–H groups in total. The molecule has 1 aromatic rings. The van der Waals surface area contributed by atoms with E-state index in [2.05, 4.69) is 15.5 Å². The minimum Gasteiger partial charge on any atom is -0.348 e. The van der Waals surface area contributed by atoms with Gasteiger partial charge in [0.15, 0.2) is 5.69 Å². The highest BCUT2D eigenvalue weighted by atomic mass is 32.2. The van der Waals surface area contributed by atoms with Crippen molar-refractivity contribution in [3.63, 3.8) is 0 Å². The molecule has 1 unspecified atom stereocenters. The van der Waals surface area contributed by atoms with Gasteiger partial charge in [-0.05, 0) is 32.1 Å². The van der Waals surface area contributed by atoms with Crippen molar-refractivity contribution in [2.24, 2.45) is 11.1 Å². The highest BCUT2D eigenvalue weighted by Crippen LogP contribution is 2.32. The molecule has 0 aromatic carbocycles. The highest BCUT2D eigenvalue weighted by molar-refractivity contribution is 7.89. The van der Waals surface area contributed by atoms with Crippen molar-refractivity contribution >= 4 is 15.9 Å². The van der Waals surface area contributed by atoms with E-state index in [-0.39, 0.29) is 16.6 Å². The Bertz CT molecular complexity index is 589. The molecule has 0 spiro atoms. The Morgan fingerprint density at radius 3 is 2.68 bits per heavy atom. The summed E-state index contributed by atoms with van der Waals surface area (Å²) in [7, 11) is -3.97. The van der Waals surface area contributed by atoms with Crippen LogP contribution in [0.5, 0.6) is 0 Å². The van der Waals surface area contributed by atoms with Crippen LogP contribution in [0.25, 0.3) is 0 Å². The van der Waals surface area contributed by atoms with Gasteiger partial charge < -0.3 is 5.32 Å². The fourth-order valence-electron chi connectivity index (χ4n) is 2.06. The smallest absolute Gasteiger partial charge is 0.273 e. The number of carbonyl (C=O) groups is 1. The first-order valence-corrected chi connectivity index (χ1v) is 7.80. The van der Waals surface area contributed by atoms with Gasteiger partial charge in [0.2, 0.25) is 10.0 Å². The summed E-state index contributed by atoms with van der Waals surface area (Å²) < 4.78 is 23.1. The van der Waals surface area contributed by atoms with Gasteiger partial charge in [-0.15, -0.1) is 0 Å². The standard InChI is InChI=1S/C11H18N4O3S/c1-3-8-10(19(12,17)18)9(15-14-8)11(16)13-6(2)7-4-5-7/h6-7H,3-5H2,1-2H3,(H,13,16)(H,14,15)(H2,12,17,18). The first-order valence-electron chi connectivity index (χ1n) is 6.25. The first kappa shape index (κ1) is 14.0. The van der Waals surface area contributed by atoms with Crippen LogP contribution in [0.2, 0.25) is 0 Å². The number of hydrogen-bond donors (Lipinski definition) is 3. The van der Waals surface area contributed by atoms with Crippen LogP contribution in [0.3, 0.4) is 0 Å². The van der Waals surface area contributed by atoms with Gasteiger partial charge in [0.05, 0.1) is 5.69 Å². The molecule has 0 aliphatic heterocycles. The van der Waals surface area contributed by atoms with Gasteiger partial charge in [-0.25, -0.2) is 13.6 Å². The quantitative estimate of drug-likeness (QED) is 0.713. The third-order valence-electron chi connectivity index (χ3n) is 3.33. The zero-order valence-electron chi connectivity index (χ0n) is 10.9. The molecule has 1 saturated carbocycles. The third-order valence-corrected chi connectivity index (χ3v) is 4.34. The number of nitrogens with two attached hydrogens (primary N) is 1. The van der Waals surface area contributed by atoms with E-state index in [4.69, 9.17) is 5.14 Å². The summed E-state index contributed by atoms with van der Waals surface area (Å²) in [6.45, 7) is 3.66. The van der Waals surface area contributed by atoms with E-state index < -0.39 is 15.9 Å². The van der Waals surface area contributed by atoms with Crippen molar-refractivity contribution in [1.29, 1.82) is 0 Å². The highest BCUT2D eigenvalue weighted by Gasteiger charge is 2.32. The van der Waals surface area contributed by atoms with Crippen molar-refractivity contribution < 1.29 is 13.2 Å². The molecule has 1 heterocycles. The number of aromatic amines is 1. The number of nitrogens with one attached hydrogen (secondary N) is 2. The van der Waals surface area contributed by atoms with Gasteiger partial charge in [-0.3, -0.25) is 9.89 Å². The lowest BCUT2D eigenvalue weighted by molar-refractivity contribution is 0.0927.